The number of rotatable bonds is 6. The minimum absolute atomic E-state index is 0.0989. The zero-order valence-corrected chi connectivity index (χ0v) is 19.2. The first kappa shape index (κ1) is 22.0. The van der Waals surface area contributed by atoms with E-state index in [0.29, 0.717) is 22.9 Å². The van der Waals surface area contributed by atoms with Crippen molar-refractivity contribution in [2.45, 2.75) is 15.9 Å². The second kappa shape index (κ2) is 9.13. The van der Waals surface area contributed by atoms with Gasteiger partial charge in [0.2, 0.25) is 0 Å². The van der Waals surface area contributed by atoms with Crippen LogP contribution in [0.1, 0.15) is 0 Å². The molecule has 0 radical (unpaired) electrons. The van der Waals surface area contributed by atoms with E-state index in [0.717, 1.165) is 4.90 Å². The molecule has 0 saturated heterocycles. The summed E-state index contributed by atoms with van der Waals surface area (Å²) in [5.74, 6) is 0.456. The predicted molar refractivity (Wildman–Crippen MR) is 125 cm³/mol. The molecule has 1 amide bonds. The smallest absolute Gasteiger partial charge is 0.267 e. The van der Waals surface area contributed by atoms with Crippen LogP contribution in [-0.2, 0) is 14.8 Å². The monoisotopic (exact) mass is 470 g/mol. The molecule has 9 heteroatoms. The van der Waals surface area contributed by atoms with Crippen LogP contribution >= 0.6 is 11.8 Å². The fourth-order valence-electron chi connectivity index (χ4n) is 3.36. The predicted octanol–water partition coefficient (Wildman–Crippen LogP) is 4.01. The first-order valence-electron chi connectivity index (χ1n) is 9.80. The maximum absolute atomic E-state index is 13.5. The van der Waals surface area contributed by atoms with E-state index in [4.69, 9.17) is 9.47 Å². The molecule has 1 atom stereocenters. The molecule has 0 fully saturated rings. The summed E-state index contributed by atoms with van der Waals surface area (Å²) in [7, 11) is -2.42. The quantitative estimate of drug-likeness (QED) is 0.548. The number of carbonyl (C=O) groups is 1. The van der Waals surface area contributed by atoms with Crippen molar-refractivity contribution >= 4 is 39.1 Å². The van der Waals surface area contributed by atoms with Crippen LogP contribution in [0.15, 0.2) is 82.6 Å². The molecular formula is C23H22N2O5S2. The molecule has 0 aliphatic carbocycles. The van der Waals surface area contributed by atoms with Crippen molar-refractivity contribution in [1.29, 1.82) is 0 Å². The number of thioether (sulfide) groups is 1. The molecule has 1 N–H and O–H groups in total. The Kier molecular flexibility index (Phi) is 6.29. The van der Waals surface area contributed by atoms with Gasteiger partial charge in [0.15, 0.2) is 6.10 Å². The largest absolute Gasteiger partial charge is 0.497 e. The number of nitrogens with zero attached hydrogens (tertiary/aromatic N) is 1. The third-order valence-electron chi connectivity index (χ3n) is 5.01. The van der Waals surface area contributed by atoms with Crippen molar-refractivity contribution in [1.82, 2.24) is 0 Å². The van der Waals surface area contributed by atoms with Crippen molar-refractivity contribution in [2.24, 2.45) is 0 Å². The van der Waals surface area contributed by atoms with Gasteiger partial charge in [-0.05, 0) is 60.9 Å². The number of hydrogen-bond donors (Lipinski definition) is 1. The highest BCUT2D eigenvalue weighted by Gasteiger charge is 2.37. The minimum atomic E-state index is -3.94. The van der Waals surface area contributed by atoms with Crippen molar-refractivity contribution < 1.29 is 22.7 Å². The van der Waals surface area contributed by atoms with Gasteiger partial charge in [0.05, 0.1) is 24.2 Å². The number of methoxy groups -OCH3 is 1. The molecule has 4 rings (SSSR count). The summed E-state index contributed by atoms with van der Waals surface area (Å²) in [6.07, 6.45) is 0.931. The van der Waals surface area contributed by atoms with Crippen LogP contribution in [0.5, 0.6) is 11.5 Å². The first-order chi connectivity index (χ1) is 15.4. The Morgan fingerprint density at radius 1 is 1.09 bits per heavy atom. The molecule has 0 aromatic heterocycles. The maximum Gasteiger partial charge on any atom is 0.267 e. The van der Waals surface area contributed by atoms with Gasteiger partial charge in [-0.15, -0.1) is 11.8 Å². The van der Waals surface area contributed by atoms with Crippen LogP contribution < -0.4 is 19.1 Å². The van der Waals surface area contributed by atoms with Gasteiger partial charge in [0, 0.05) is 10.6 Å². The van der Waals surface area contributed by atoms with Crippen LogP contribution in [0.4, 0.5) is 11.4 Å². The average Bonchev–Trinajstić information content (AvgIpc) is 2.83. The topological polar surface area (TPSA) is 84.9 Å². The van der Waals surface area contributed by atoms with Crippen molar-refractivity contribution in [3.63, 3.8) is 0 Å². The van der Waals surface area contributed by atoms with Gasteiger partial charge in [0.1, 0.15) is 11.5 Å². The lowest BCUT2D eigenvalue weighted by molar-refractivity contribution is -0.122. The molecule has 3 aromatic carbocycles. The number of fused-ring (bicyclic) bond motifs is 1. The number of sulfonamides is 1. The Bertz CT molecular complexity index is 1230. The molecular weight excluding hydrogens is 448 g/mol. The standard InChI is InChI=1S/C23H22N2O5S2/c1-29-17-10-12-19(13-11-17)32(27,28)25-15-22(30-21-9-4-3-8-20(21)25)23(26)24-16-6-5-7-18(14-16)31-2/h3-14,22H,15H2,1-2H3,(H,24,26). The van der Waals surface area contributed by atoms with Crippen LogP contribution in [-0.4, -0.2) is 40.3 Å². The van der Waals surface area contributed by atoms with E-state index in [9.17, 15) is 13.2 Å². The molecule has 0 bridgehead atoms. The van der Waals surface area contributed by atoms with Gasteiger partial charge in [0.25, 0.3) is 15.9 Å². The number of nitrogens with one attached hydrogen (secondary N) is 1. The van der Waals surface area contributed by atoms with E-state index >= 15 is 0 Å². The van der Waals surface area contributed by atoms with Gasteiger partial charge >= 0.3 is 0 Å². The zero-order valence-electron chi connectivity index (χ0n) is 17.5. The van der Waals surface area contributed by atoms with E-state index < -0.39 is 22.0 Å². The fraction of sp³-hybridized carbons (Fsp3) is 0.174. The third-order valence-corrected chi connectivity index (χ3v) is 7.53. The van der Waals surface area contributed by atoms with E-state index in [1.165, 1.54) is 23.5 Å². The lowest BCUT2D eigenvalue weighted by Crippen LogP contribution is -2.48. The number of benzene rings is 3. The normalized spacial score (nSPS) is 15.4. The summed E-state index contributed by atoms with van der Waals surface area (Å²) in [6.45, 7) is -0.153. The van der Waals surface area contributed by atoms with Gasteiger partial charge < -0.3 is 14.8 Å². The Hall–Kier alpha value is -3.17. The number of carbonyl (C=O) groups excluding carboxylic acids is 1. The molecule has 32 heavy (non-hydrogen) atoms. The highest BCUT2D eigenvalue weighted by Crippen LogP contribution is 2.37. The summed E-state index contributed by atoms with van der Waals surface area (Å²) in [6, 6.07) is 20.3. The van der Waals surface area contributed by atoms with Gasteiger partial charge in [-0.2, -0.15) is 0 Å². The van der Waals surface area contributed by atoms with Gasteiger partial charge in [-0.3, -0.25) is 9.10 Å². The summed E-state index contributed by atoms with van der Waals surface area (Å²) in [5, 5.41) is 2.83. The van der Waals surface area contributed by atoms with Crippen molar-refractivity contribution in [3.05, 3.63) is 72.8 Å². The second-order valence-electron chi connectivity index (χ2n) is 7.01. The molecule has 3 aromatic rings. The van der Waals surface area contributed by atoms with E-state index in [2.05, 4.69) is 5.32 Å². The molecule has 1 unspecified atom stereocenters. The number of hydrogen-bond acceptors (Lipinski definition) is 6. The summed E-state index contributed by atoms with van der Waals surface area (Å²) >= 11 is 1.56. The van der Waals surface area contributed by atoms with Crippen molar-refractivity contribution in [3.8, 4) is 11.5 Å². The van der Waals surface area contributed by atoms with Crippen LogP contribution in [0.2, 0.25) is 0 Å². The Morgan fingerprint density at radius 3 is 2.56 bits per heavy atom. The fourth-order valence-corrected chi connectivity index (χ4v) is 5.30. The Morgan fingerprint density at radius 2 is 1.84 bits per heavy atom. The SMILES string of the molecule is COc1ccc(S(=O)(=O)N2CC(C(=O)Nc3cccc(SC)c3)Oc3ccccc32)cc1. The average molecular weight is 471 g/mol. The molecule has 0 spiro atoms. The molecule has 1 aliphatic heterocycles. The molecule has 1 aliphatic rings. The van der Waals surface area contributed by atoms with Gasteiger partial charge in [-0.1, -0.05) is 18.2 Å². The van der Waals surface area contributed by atoms with Gasteiger partial charge in [-0.25, -0.2) is 8.42 Å². The Balaban J connectivity index is 1.64. The number of ether oxygens (including phenoxy) is 2. The lowest BCUT2D eigenvalue weighted by atomic mass is 10.2. The number of amides is 1. The molecule has 1 heterocycles. The van der Waals surface area contributed by atoms with E-state index in [-0.39, 0.29) is 11.4 Å². The highest BCUT2D eigenvalue weighted by atomic mass is 32.2. The molecule has 166 valence electrons. The Labute approximate surface area is 191 Å². The first-order valence-corrected chi connectivity index (χ1v) is 12.5. The van der Waals surface area contributed by atoms with Crippen LogP contribution in [0, 0.1) is 0 Å². The maximum atomic E-state index is 13.5. The summed E-state index contributed by atoms with van der Waals surface area (Å²) in [5.41, 5.74) is 1.01. The number of anilines is 2. The highest BCUT2D eigenvalue weighted by molar-refractivity contribution is 7.98. The summed E-state index contributed by atoms with van der Waals surface area (Å²) < 4.78 is 39.1. The summed E-state index contributed by atoms with van der Waals surface area (Å²) in [4.78, 5) is 14.1. The van der Waals surface area contributed by atoms with Crippen LogP contribution in [0.25, 0.3) is 0 Å². The lowest BCUT2D eigenvalue weighted by Gasteiger charge is -2.34. The van der Waals surface area contributed by atoms with Crippen LogP contribution in [0.3, 0.4) is 0 Å². The van der Waals surface area contributed by atoms with E-state index in [1.807, 2.05) is 24.5 Å². The number of para-hydroxylation sites is 2. The minimum Gasteiger partial charge on any atom is -0.497 e. The third kappa shape index (κ3) is 4.39. The van der Waals surface area contributed by atoms with E-state index in [1.54, 1.807) is 54.2 Å². The zero-order chi connectivity index (χ0) is 22.7. The molecule has 0 saturated carbocycles. The van der Waals surface area contributed by atoms with Crippen molar-refractivity contribution in [2.75, 3.05) is 29.5 Å². The second-order valence-corrected chi connectivity index (χ2v) is 9.75. The molecule has 7 nitrogen and oxygen atoms in total.